The summed E-state index contributed by atoms with van der Waals surface area (Å²) in [6, 6.07) is 15.8. The molecular formula is C26H23FN6O. The summed E-state index contributed by atoms with van der Waals surface area (Å²) in [6.45, 7) is 0.387. The zero-order chi connectivity index (χ0) is 23.2. The molecule has 2 aromatic carbocycles. The van der Waals surface area contributed by atoms with Crippen molar-refractivity contribution in [3.05, 3.63) is 82.8 Å². The Balaban J connectivity index is 1.44. The number of hydrogen-bond acceptors (Lipinski definition) is 7. The van der Waals surface area contributed by atoms with Gasteiger partial charge in [-0.3, -0.25) is 9.99 Å². The van der Waals surface area contributed by atoms with Gasteiger partial charge in [-0.15, -0.1) is 0 Å². The Kier molecular flexibility index (Phi) is 4.86. The van der Waals surface area contributed by atoms with Crippen LogP contribution in [0.4, 0.5) is 4.39 Å². The van der Waals surface area contributed by atoms with E-state index in [1.807, 2.05) is 17.1 Å². The van der Waals surface area contributed by atoms with Crippen molar-refractivity contribution in [2.75, 3.05) is 0 Å². The third-order valence-electron chi connectivity index (χ3n) is 6.61. The summed E-state index contributed by atoms with van der Waals surface area (Å²) in [5.74, 6) is -0.0729. The largest absolute Gasteiger partial charge is 0.508 e. The maximum Gasteiger partial charge on any atom is 0.154 e. The third-order valence-corrected chi connectivity index (χ3v) is 6.61. The lowest BCUT2D eigenvalue weighted by molar-refractivity contribution is 0.214. The molecule has 0 spiro atoms. The topological polar surface area (TPSA) is 99.5 Å². The number of aryl methyl sites for hydroxylation is 2. The number of nitrogens with zero attached hydrogens (tertiary/aromatic N) is 5. The lowest BCUT2D eigenvalue weighted by Crippen LogP contribution is -2.42. The van der Waals surface area contributed by atoms with Gasteiger partial charge in [-0.2, -0.15) is 5.10 Å². The second-order valence-electron chi connectivity index (χ2n) is 8.78. The Morgan fingerprint density at radius 1 is 1.09 bits per heavy atom. The summed E-state index contributed by atoms with van der Waals surface area (Å²) in [7, 11) is 0. The monoisotopic (exact) mass is 454 g/mol. The number of phenolic OH excluding ortho intramolecular Hbond substituents is 1. The summed E-state index contributed by atoms with van der Waals surface area (Å²) in [4.78, 5) is 13.7. The maximum absolute atomic E-state index is 14.8. The summed E-state index contributed by atoms with van der Waals surface area (Å²) >= 11 is 0. The number of aromatic nitrogens is 1. The van der Waals surface area contributed by atoms with Gasteiger partial charge in [-0.05, 0) is 60.7 Å². The molecule has 0 saturated carbocycles. The minimum Gasteiger partial charge on any atom is -0.508 e. The van der Waals surface area contributed by atoms with Crippen LogP contribution in [0.1, 0.15) is 28.8 Å². The molecule has 3 aliphatic rings. The van der Waals surface area contributed by atoms with Crippen LogP contribution in [0.2, 0.25) is 0 Å². The fourth-order valence-electron chi connectivity index (χ4n) is 5.01. The van der Waals surface area contributed by atoms with Crippen molar-refractivity contribution in [2.45, 2.75) is 32.0 Å². The van der Waals surface area contributed by atoms with E-state index in [4.69, 9.17) is 15.8 Å². The van der Waals surface area contributed by atoms with Crippen molar-refractivity contribution >= 4 is 17.9 Å². The predicted molar refractivity (Wildman–Crippen MR) is 129 cm³/mol. The minimum absolute atomic E-state index is 0.148. The van der Waals surface area contributed by atoms with Gasteiger partial charge in [0.1, 0.15) is 29.7 Å². The van der Waals surface area contributed by atoms with E-state index in [1.165, 1.54) is 18.0 Å². The minimum atomic E-state index is -0.378. The van der Waals surface area contributed by atoms with E-state index in [-0.39, 0.29) is 23.7 Å². The molecule has 2 atom stereocenters. The van der Waals surface area contributed by atoms with E-state index in [0.717, 1.165) is 36.1 Å². The number of phenols is 1. The van der Waals surface area contributed by atoms with Crippen molar-refractivity contribution in [3.8, 4) is 17.0 Å². The van der Waals surface area contributed by atoms with Gasteiger partial charge in [0.15, 0.2) is 6.17 Å². The number of benzene rings is 2. The van der Waals surface area contributed by atoms with Gasteiger partial charge in [-0.1, -0.05) is 24.3 Å². The molecule has 6 rings (SSSR count). The van der Waals surface area contributed by atoms with Crippen molar-refractivity contribution in [3.63, 3.8) is 0 Å². The molecule has 0 radical (unpaired) electrons. The summed E-state index contributed by atoms with van der Waals surface area (Å²) in [5.41, 5.74) is 12.0. The lowest BCUT2D eigenvalue weighted by atomic mass is 9.93. The van der Waals surface area contributed by atoms with E-state index in [9.17, 15) is 9.50 Å². The van der Waals surface area contributed by atoms with E-state index < -0.39 is 0 Å². The molecule has 3 heterocycles. The predicted octanol–water partition coefficient (Wildman–Crippen LogP) is 3.64. The Morgan fingerprint density at radius 2 is 1.97 bits per heavy atom. The van der Waals surface area contributed by atoms with Crippen LogP contribution in [0.15, 0.2) is 69.7 Å². The number of pyridine rings is 1. The third kappa shape index (κ3) is 3.42. The molecule has 0 fully saturated rings. The zero-order valence-electron chi connectivity index (χ0n) is 18.4. The van der Waals surface area contributed by atoms with Crippen LogP contribution < -0.4 is 5.73 Å². The molecule has 34 heavy (non-hydrogen) atoms. The first-order valence-corrected chi connectivity index (χ1v) is 11.3. The average molecular weight is 455 g/mol. The molecule has 8 heteroatoms. The number of hydrazone groups is 1. The van der Waals surface area contributed by atoms with Crippen molar-refractivity contribution in [1.29, 1.82) is 0 Å². The summed E-state index contributed by atoms with van der Waals surface area (Å²) in [6.07, 6.45) is 4.00. The van der Waals surface area contributed by atoms with Crippen LogP contribution in [0, 0.1) is 11.7 Å². The Hall–Kier alpha value is -4.07. The van der Waals surface area contributed by atoms with Gasteiger partial charge < -0.3 is 10.8 Å². The second kappa shape index (κ2) is 8.06. The van der Waals surface area contributed by atoms with Gasteiger partial charge >= 0.3 is 0 Å². The van der Waals surface area contributed by atoms with E-state index >= 15 is 0 Å². The summed E-state index contributed by atoms with van der Waals surface area (Å²) in [5, 5.41) is 16.8. The molecule has 1 aliphatic carbocycles. The molecule has 0 saturated heterocycles. The van der Waals surface area contributed by atoms with Crippen molar-refractivity contribution in [1.82, 2.24) is 9.99 Å². The SMILES string of the molecule is NC1=NC=NC2C1C(c1cccc(O)c1)=NN2Cc1cc2c(nc1-c1ccccc1F)CCC2. The number of hydrogen-bond donors (Lipinski definition) is 2. The second-order valence-corrected chi connectivity index (χ2v) is 8.78. The number of aliphatic imine (C=N–C) groups is 2. The molecular weight excluding hydrogens is 431 g/mol. The first-order chi connectivity index (χ1) is 16.6. The number of halogens is 1. The van der Waals surface area contributed by atoms with Crippen molar-refractivity contribution in [2.24, 2.45) is 26.7 Å². The molecule has 7 nitrogen and oxygen atoms in total. The Morgan fingerprint density at radius 3 is 2.82 bits per heavy atom. The first-order valence-electron chi connectivity index (χ1n) is 11.3. The maximum atomic E-state index is 14.8. The molecule has 170 valence electrons. The molecule has 2 aliphatic heterocycles. The number of amidine groups is 1. The van der Waals surface area contributed by atoms with Crippen LogP contribution in [-0.4, -0.2) is 39.2 Å². The Bertz CT molecular complexity index is 1380. The van der Waals surface area contributed by atoms with E-state index in [2.05, 4.69) is 16.1 Å². The molecule has 0 amide bonds. The number of aromatic hydroxyl groups is 1. The van der Waals surface area contributed by atoms with Gasteiger partial charge in [-0.25, -0.2) is 14.4 Å². The number of nitrogens with two attached hydrogens (primary N) is 1. The van der Waals surface area contributed by atoms with Gasteiger partial charge in [0.25, 0.3) is 0 Å². The summed E-state index contributed by atoms with van der Waals surface area (Å²) < 4.78 is 14.8. The highest BCUT2D eigenvalue weighted by Crippen LogP contribution is 2.35. The standard InChI is InChI=1S/C26H23FN6O/c27-20-9-2-1-8-19(20)23-17(11-15-5-4-10-21(15)31-23)13-33-26-22(25(28)29-14-30-26)24(32-33)16-6-3-7-18(34)12-16/h1-3,6-9,11-12,14,22,26,34H,4-5,10,13H2,(H2,28,29,30). The van der Waals surface area contributed by atoms with Crippen LogP contribution in [0.5, 0.6) is 5.75 Å². The van der Waals surface area contributed by atoms with Gasteiger partial charge in [0, 0.05) is 16.8 Å². The molecule has 3 aromatic rings. The molecule has 0 bridgehead atoms. The number of rotatable bonds is 4. The fraction of sp³-hybridized carbons (Fsp3) is 0.231. The highest BCUT2D eigenvalue weighted by atomic mass is 19.1. The molecule has 3 N–H and O–H groups in total. The zero-order valence-corrected chi connectivity index (χ0v) is 18.4. The molecule has 2 unspecified atom stereocenters. The quantitative estimate of drug-likeness (QED) is 0.629. The van der Waals surface area contributed by atoms with Crippen LogP contribution in [0.25, 0.3) is 11.3 Å². The first kappa shape index (κ1) is 20.5. The highest BCUT2D eigenvalue weighted by Gasteiger charge is 2.42. The van der Waals surface area contributed by atoms with Crippen LogP contribution in [-0.2, 0) is 19.4 Å². The smallest absolute Gasteiger partial charge is 0.154 e. The lowest BCUT2D eigenvalue weighted by Gasteiger charge is -2.27. The van der Waals surface area contributed by atoms with Gasteiger partial charge in [0.05, 0.1) is 18.0 Å². The van der Waals surface area contributed by atoms with Gasteiger partial charge in [0.2, 0.25) is 0 Å². The number of fused-ring (bicyclic) bond motifs is 2. The highest BCUT2D eigenvalue weighted by molar-refractivity contribution is 6.17. The van der Waals surface area contributed by atoms with E-state index in [0.29, 0.717) is 29.3 Å². The average Bonchev–Trinajstić information content (AvgIpc) is 3.44. The normalized spacial score (nSPS) is 20.7. The fourth-order valence-corrected chi connectivity index (χ4v) is 5.01. The van der Waals surface area contributed by atoms with Crippen LogP contribution in [0.3, 0.4) is 0 Å². The Labute approximate surface area is 196 Å². The van der Waals surface area contributed by atoms with E-state index in [1.54, 1.807) is 30.3 Å². The van der Waals surface area contributed by atoms with Crippen LogP contribution >= 0.6 is 0 Å². The van der Waals surface area contributed by atoms with Crippen molar-refractivity contribution < 1.29 is 9.50 Å². The molecule has 1 aromatic heterocycles.